The normalized spacial score (nSPS) is 30.9. The molecule has 46 valence electrons. The van der Waals surface area contributed by atoms with Crippen LogP contribution in [0.3, 0.4) is 0 Å². The summed E-state index contributed by atoms with van der Waals surface area (Å²) in [4.78, 5) is 10.9. The number of Topliss-reactive ketones (excluding diaryl/α,β-unsaturated/α-hetero) is 1. The fourth-order valence-electron chi connectivity index (χ4n) is 1.46. The Labute approximate surface area is 54.1 Å². The van der Waals surface area contributed by atoms with Crippen LogP contribution in [0.5, 0.6) is 0 Å². The lowest BCUT2D eigenvalue weighted by molar-refractivity contribution is -0.114. The topological polar surface area (TPSA) is 17.1 Å². The minimum Gasteiger partial charge on any atom is -0.295 e. The van der Waals surface area contributed by atoms with E-state index in [1.807, 2.05) is 12.2 Å². The molecule has 1 nitrogen and oxygen atoms in total. The zero-order valence-corrected chi connectivity index (χ0v) is 5.13. The average Bonchev–Trinajstić information content (AvgIpc) is 2.09. The van der Waals surface area contributed by atoms with Gasteiger partial charge in [0.2, 0.25) is 0 Å². The molecule has 9 heavy (non-hydrogen) atoms. The molecule has 0 N–H and O–H groups in total. The molecule has 2 rings (SSSR count). The molecule has 1 atom stereocenters. The Morgan fingerprint density at radius 3 is 3.00 bits per heavy atom. The molecule has 2 bridgehead atoms. The van der Waals surface area contributed by atoms with Crippen LogP contribution in [-0.4, -0.2) is 5.78 Å². The highest BCUT2D eigenvalue weighted by Gasteiger charge is 2.26. The number of allylic oxidation sites excluding steroid dienone is 4. The number of ketones is 1. The van der Waals surface area contributed by atoms with Crippen LogP contribution in [0, 0.1) is 5.92 Å². The van der Waals surface area contributed by atoms with E-state index >= 15 is 0 Å². The lowest BCUT2D eigenvalue weighted by atomic mass is 10.0. The van der Waals surface area contributed by atoms with E-state index in [1.165, 1.54) is 0 Å². The molecule has 0 aromatic heterocycles. The first-order valence-corrected chi connectivity index (χ1v) is 3.27. The van der Waals surface area contributed by atoms with Crippen LogP contribution in [-0.2, 0) is 4.79 Å². The van der Waals surface area contributed by atoms with Crippen LogP contribution < -0.4 is 0 Å². The number of hydrogen-bond acceptors (Lipinski definition) is 1. The second-order valence-electron chi connectivity index (χ2n) is 2.67. The van der Waals surface area contributed by atoms with Crippen molar-refractivity contribution in [1.82, 2.24) is 0 Å². The minimum absolute atomic E-state index is 0.352. The average molecular weight is 120 g/mol. The zero-order chi connectivity index (χ0) is 6.27. The Morgan fingerprint density at radius 2 is 2.33 bits per heavy atom. The van der Waals surface area contributed by atoms with E-state index < -0.39 is 0 Å². The van der Waals surface area contributed by atoms with Gasteiger partial charge in [-0.25, -0.2) is 0 Å². The molecule has 1 unspecified atom stereocenters. The van der Waals surface area contributed by atoms with E-state index in [2.05, 4.69) is 6.08 Å². The summed E-state index contributed by atoms with van der Waals surface area (Å²) >= 11 is 0. The molecule has 0 aromatic carbocycles. The van der Waals surface area contributed by atoms with E-state index in [-0.39, 0.29) is 0 Å². The quantitative estimate of drug-likeness (QED) is 0.473. The molecule has 1 fully saturated rings. The van der Waals surface area contributed by atoms with Crippen molar-refractivity contribution in [1.29, 1.82) is 0 Å². The van der Waals surface area contributed by atoms with Gasteiger partial charge in [0, 0.05) is 6.42 Å². The third-order valence-electron chi connectivity index (χ3n) is 1.97. The van der Waals surface area contributed by atoms with Crippen molar-refractivity contribution in [2.45, 2.75) is 12.8 Å². The Kier molecular flexibility index (Phi) is 0.865. The molecule has 2 aliphatic rings. The highest BCUT2D eigenvalue weighted by atomic mass is 16.1. The first-order valence-electron chi connectivity index (χ1n) is 3.27. The Hall–Kier alpha value is -0.850. The van der Waals surface area contributed by atoms with Crippen LogP contribution >= 0.6 is 0 Å². The fourth-order valence-corrected chi connectivity index (χ4v) is 1.46. The van der Waals surface area contributed by atoms with Crippen LogP contribution in [0.2, 0.25) is 0 Å². The molecular formula is C8H8O. The van der Waals surface area contributed by atoms with Gasteiger partial charge in [-0.2, -0.15) is 0 Å². The van der Waals surface area contributed by atoms with Crippen molar-refractivity contribution in [3.05, 3.63) is 23.8 Å². The van der Waals surface area contributed by atoms with Crippen molar-refractivity contribution in [3.8, 4) is 0 Å². The van der Waals surface area contributed by atoms with Gasteiger partial charge in [-0.1, -0.05) is 18.2 Å². The lowest BCUT2D eigenvalue weighted by Crippen LogP contribution is -1.89. The predicted molar refractivity (Wildman–Crippen MR) is 35.0 cm³/mol. The smallest absolute Gasteiger partial charge is 0.159 e. The number of hydrogen-bond donors (Lipinski definition) is 0. The van der Waals surface area contributed by atoms with E-state index in [0.717, 1.165) is 18.4 Å². The number of fused-ring (bicyclic) bond motifs is 2. The first kappa shape index (κ1) is 4.98. The maximum atomic E-state index is 10.9. The standard InChI is InChI=1S/C8H8O/c9-8-5-6-2-1-3-7(8)4-6/h1-3,6H,4-5H2. The van der Waals surface area contributed by atoms with Crippen LogP contribution in [0.4, 0.5) is 0 Å². The largest absolute Gasteiger partial charge is 0.295 e. The molecule has 1 saturated carbocycles. The summed E-state index contributed by atoms with van der Waals surface area (Å²) in [5, 5.41) is 0. The summed E-state index contributed by atoms with van der Waals surface area (Å²) < 4.78 is 0. The van der Waals surface area contributed by atoms with E-state index in [4.69, 9.17) is 0 Å². The van der Waals surface area contributed by atoms with Gasteiger partial charge in [0.15, 0.2) is 5.78 Å². The number of carbonyl (C=O) groups excluding carboxylic acids is 1. The second-order valence-corrected chi connectivity index (χ2v) is 2.67. The molecule has 0 amide bonds. The zero-order valence-electron chi connectivity index (χ0n) is 5.13. The maximum absolute atomic E-state index is 10.9. The van der Waals surface area contributed by atoms with Crippen molar-refractivity contribution in [2.24, 2.45) is 5.92 Å². The van der Waals surface area contributed by atoms with Crippen LogP contribution in [0.15, 0.2) is 23.8 Å². The molecular weight excluding hydrogens is 112 g/mol. The van der Waals surface area contributed by atoms with Gasteiger partial charge in [-0.05, 0) is 17.9 Å². The molecule has 0 heterocycles. The summed E-state index contributed by atoms with van der Waals surface area (Å²) in [7, 11) is 0. The molecule has 1 heteroatoms. The minimum atomic E-state index is 0.352. The van der Waals surface area contributed by atoms with Gasteiger partial charge in [0.05, 0.1) is 0 Å². The summed E-state index contributed by atoms with van der Waals surface area (Å²) in [5.74, 6) is 0.891. The molecule has 2 aliphatic carbocycles. The summed E-state index contributed by atoms with van der Waals surface area (Å²) in [6.07, 6.45) is 7.80. The van der Waals surface area contributed by atoms with Gasteiger partial charge < -0.3 is 0 Å². The monoisotopic (exact) mass is 120 g/mol. The second kappa shape index (κ2) is 1.56. The van der Waals surface area contributed by atoms with Crippen LogP contribution in [0.25, 0.3) is 0 Å². The van der Waals surface area contributed by atoms with Crippen molar-refractivity contribution < 1.29 is 4.79 Å². The lowest BCUT2D eigenvalue weighted by Gasteiger charge is -2.00. The summed E-state index contributed by atoms with van der Waals surface area (Å²) in [6.45, 7) is 0. The molecule has 0 spiro atoms. The predicted octanol–water partition coefficient (Wildman–Crippen LogP) is 1.46. The molecule has 0 aliphatic heterocycles. The molecule has 0 aromatic rings. The van der Waals surface area contributed by atoms with Gasteiger partial charge in [0.25, 0.3) is 0 Å². The van der Waals surface area contributed by atoms with Gasteiger partial charge in [-0.15, -0.1) is 0 Å². The number of carbonyl (C=O) groups is 1. The third kappa shape index (κ3) is 0.645. The van der Waals surface area contributed by atoms with Gasteiger partial charge >= 0.3 is 0 Å². The van der Waals surface area contributed by atoms with E-state index in [1.54, 1.807) is 0 Å². The highest BCUT2D eigenvalue weighted by molar-refractivity contribution is 5.98. The maximum Gasteiger partial charge on any atom is 0.159 e. The summed E-state index contributed by atoms with van der Waals surface area (Å²) in [6, 6.07) is 0. The first-order chi connectivity index (χ1) is 4.36. The van der Waals surface area contributed by atoms with E-state index in [9.17, 15) is 4.79 Å². The SMILES string of the molecule is O=C1CC2C=CC=C1C2. The van der Waals surface area contributed by atoms with Crippen molar-refractivity contribution in [3.63, 3.8) is 0 Å². The van der Waals surface area contributed by atoms with Gasteiger partial charge in [-0.3, -0.25) is 4.79 Å². The molecule has 0 saturated heterocycles. The third-order valence-corrected chi connectivity index (χ3v) is 1.97. The Morgan fingerprint density at radius 1 is 1.44 bits per heavy atom. The van der Waals surface area contributed by atoms with Crippen molar-refractivity contribution >= 4 is 5.78 Å². The van der Waals surface area contributed by atoms with Crippen LogP contribution in [0.1, 0.15) is 12.8 Å². The Balaban J connectivity index is 2.42. The van der Waals surface area contributed by atoms with Crippen molar-refractivity contribution in [2.75, 3.05) is 0 Å². The van der Waals surface area contributed by atoms with Gasteiger partial charge in [0.1, 0.15) is 0 Å². The molecule has 0 radical (unpaired) electrons. The highest BCUT2D eigenvalue weighted by Crippen LogP contribution is 2.30. The Bertz CT molecular complexity index is 209. The fraction of sp³-hybridized carbons (Fsp3) is 0.375. The summed E-state index contributed by atoms with van der Waals surface area (Å²) in [5.41, 5.74) is 1.03. The number of rotatable bonds is 0. The van der Waals surface area contributed by atoms with E-state index in [0.29, 0.717) is 11.7 Å².